The van der Waals surface area contributed by atoms with E-state index in [0.29, 0.717) is 17.4 Å². The van der Waals surface area contributed by atoms with Gasteiger partial charge >= 0.3 is 0 Å². The highest BCUT2D eigenvalue weighted by molar-refractivity contribution is 5.95. The molecule has 1 N–H and O–H groups in total. The van der Waals surface area contributed by atoms with Crippen molar-refractivity contribution < 1.29 is 4.79 Å². The maximum atomic E-state index is 12.3. The van der Waals surface area contributed by atoms with Crippen molar-refractivity contribution in [1.29, 1.82) is 0 Å². The lowest BCUT2D eigenvalue weighted by Crippen LogP contribution is -2.41. The van der Waals surface area contributed by atoms with E-state index in [1.54, 1.807) is 6.20 Å². The van der Waals surface area contributed by atoms with Gasteiger partial charge in [-0.05, 0) is 54.8 Å². The fraction of sp³-hybridized carbons (Fsp3) is 0.250. The standard InChI is InChI=1S/C24H24N6O/c1-16(2)20-15-26-30-13-9-18(14-22(20)30)21-8-10-25-24(28-21)27-19-6-4-17(5-7-19)23(31)29-11-3-12-29/h4-10,13-16H,3,11-12H2,1-2H3,(H,25,27,28). The molecule has 0 atom stereocenters. The van der Waals surface area contributed by atoms with E-state index in [1.165, 1.54) is 5.56 Å². The number of likely N-dealkylation sites (tertiary alicyclic amines) is 1. The lowest BCUT2D eigenvalue weighted by Gasteiger charge is -2.30. The topological polar surface area (TPSA) is 75.4 Å². The Bertz CT molecular complexity index is 1240. The zero-order valence-electron chi connectivity index (χ0n) is 17.6. The van der Waals surface area contributed by atoms with Gasteiger partial charge in [0.2, 0.25) is 5.95 Å². The maximum absolute atomic E-state index is 12.3. The van der Waals surface area contributed by atoms with E-state index in [4.69, 9.17) is 0 Å². The van der Waals surface area contributed by atoms with Crippen LogP contribution in [0.3, 0.4) is 0 Å². The molecule has 0 spiro atoms. The van der Waals surface area contributed by atoms with Gasteiger partial charge in [-0.25, -0.2) is 14.5 Å². The molecule has 0 bridgehead atoms. The summed E-state index contributed by atoms with van der Waals surface area (Å²) in [6.07, 6.45) is 6.72. The third-order valence-corrected chi connectivity index (χ3v) is 5.66. The molecule has 31 heavy (non-hydrogen) atoms. The summed E-state index contributed by atoms with van der Waals surface area (Å²) in [5.74, 6) is 0.996. The minimum absolute atomic E-state index is 0.0899. The average molecular weight is 412 g/mol. The SMILES string of the molecule is CC(C)c1cnn2ccc(-c3ccnc(Nc4ccc(C(=O)N5CCC5)cc4)n3)cc12. The van der Waals surface area contributed by atoms with Gasteiger partial charge in [0.15, 0.2) is 0 Å². The number of rotatable bonds is 5. The summed E-state index contributed by atoms with van der Waals surface area (Å²) in [4.78, 5) is 23.2. The Kier molecular flexibility index (Phi) is 4.86. The predicted molar refractivity (Wildman–Crippen MR) is 121 cm³/mol. The summed E-state index contributed by atoms with van der Waals surface area (Å²) < 4.78 is 1.89. The molecule has 0 aliphatic carbocycles. The Morgan fingerprint density at radius 1 is 1.10 bits per heavy atom. The van der Waals surface area contributed by atoms with Crippen molar-refractivity contribution in [3.8, 4) is 11.3 Å². The molecule has 1 aliphatic rings. The van der Waals surface area contributed by atoms with Crippen LogP contribution < -0.4 is 5.32 Å². The number of anilines is 2. The van der Waals surface area contributed by atoms with E-state index in [1.807, 2.05) is 58.2 Å². The lowest BCUT2D eigenvalue weighted by atomic mass is 10.0. The van der Waals surface area contributed by atoms with Crippen molar-refractivity contribution in [3.63, 3.8) is 0 Å². The number of carbonyl (C=O) groups excluding carboxylic acids is 1. The molecule has 7 heteroatoms. The minimum Gasteiger partial charge on any atom is -0.339 e. The van der Waals surface area contributed by atoms with Crippen LogP contribution in [0.5, 0.6) is 0 Å². The fourth-order valence-corrected chi connectivity index (χ4v) is 3.71. The van der Waals surface area contributed by atoms with Gasteiger partial charge in [-0.3, -0.25) is 4.79 Å². The minimum atomic E-state index is 0.0899. The number of fused-ring (bicyclic) bond motifs is 1. The van der Waals surface area contributed by atoms with E-state index in [9.17, 15) is 4.79 Å². The number of amides is 1. The Balaban J connectivity index is 1.37. The Morgan fingerprint density at radius 2 is 1.90 bits per heavy atom. The molecule has 0 unspecified atom stereocenters. The van der Waals surface area contributed by atoms with E-state index < -0.39 is 0 Å². The number of hydrogen-bond acceptors (Lipinski definition) is 5. The molecule has 156 valence electrons. The van der Waals surface area contributed by atoms with Gasteiger partial charge in [-0.2, -0.15) is 5.10 Å². The normalized spacial score (nSPS) is 13.5. The van der Waals surface area contributed by atoms with E-state index in [-0.39, 0.29) is 5.91 Å². The molecule has 4 aromatic rings. The Hall–Kier alpha value is -3.74. The number of nitrogens with zero attached hydrogens (tertiary/aromatic N) is 5. The van der Waals surface area contributed by atoms with Crippen molar-refractivity contribution in [2.24, 2.45) is 0 Å². The molecule has 0 saturated carbocycles. The van der Waals surface area contributed by atoms with Crippen LogP contribution >= 0.6 is 0 Å². The lowest BCUT2D eigenvalue weighted by molar-refractivity contribution is 0.0652. The van der Waals surface area contributed by atoms with E-state index >= 15 is 0 Å². The first-order valence-corrected chi connectivity index (χ1v) is 10.6. The Labute approximate surface area is 180 Å². The molecule has 5 rings (SSSR count). The number of hydrogen-bond donors (Lipinski definition) is 1. The Morgan fingerprint density at radius 3 is 2.61 bits per heavy atom. The molecular formula is C24H24N6O. The van der Waals surface area contributed by atoms with Gasteiger partial charge in [0, 0.05) is 47.9 Å². The highest BCUT2D eigenvalue weighted by Crippen LogP contribution is 2.26. The second-order valence-electron chi connectivity index (χ2n) is 8.11. The predicted octanol–water partition coefficient (Wildman–Crippen LogP) is 4.50. The van der Waals surface area contributed by atoms with Crippen molar-refractivity contribution in [2.45, 2.75) is 26.2 Å². The number of benzene rings is 1. The van der Waals surface area contributed by atoms with Crippen LogP contribution in [0.2, 0.25) is 0 Å². The average Bonchev–Trinajstić information content (AvgIpc) is 3.17. The second kappa shape index (κ2) is 7.83. The molecule has 1 saturated heterocycles. The van der Waals surface area contributed by atoms with Crippen LogP contribution in [-0.2, 0) is 0 Å². The van der Waals surface area contributed by atoms with Gasteiger partial charge in [-0.1, -0.05) is 13.8 Å². The molecule has 1 amide bonds. The van der Waals surface area contributed by atoms with Crippen LogP contribution in [-0.4, -0.2) is 43.5 Å². The van der Waals surface area contributed by atoms with Gasteiger partial charge in [-0.15, -0.1) is 0 Å². The summed E-state index contributed by atoms with van der Waals surface area (Å²) in [5.41, 5.74) is 5.68. The fourth-order valence-electron chi connectivity index (χ4n) is 3.71. The summed E-state index contributed by atoms with van der Waals surface area (Å²) in [6, 6.07) is 13.5. The number of carbonyl (C=O) groups is 1. The highest BCUT2D eigenvalue weighted by Gasteiger charge is 2.21. The van der Waals surface area contributed by atoms with Crippen molar-refractivity contribution >= 4 is 23.1 Å². The van der Waals surface area contributed by atoms with Crippen molar-refractivity contribution in [3.05, 3.63) is 72.2 Å². The number of nitrogens with one attached hydrogen (secondary N) is 1. The summed E-state index contributed by atoms with van der Waals surface area (Å²) in [5, 5.41) is 7.67. The zero-order valence-corrected chi connectivity index (χ0v) is 17.6. The molecule has 3 aromatic heterocycles. The summed E-state index contributed by atoms with van der Waals surface area (Å²) in [7, 11) is 0. The van der Waals surface area contributed by atoms with Crippen LogP contribution in [0.25, 0.3) is 16.8 Å². The second-order valence-corrected chi connectivity index (χ2v) is 8.11. The van der Waals surface area contributed by atoms with E-state index in [2.05, 4.69) is 40.3 Å². The van der Waals surface area contributed by atoms with Gasteiger partial charge < -0.3 is 10.2 Å². The number of aromatic nitrogens is 4. The molecule has 1 fully saturated rings. The first-order chi connectivity index (χ1) is 15.1. The van der Waals surface area contributed by atoms with Crippen LogP contribution in [0.1, 0.15) is 42.1 Å². The first-order valence-electron chi connectivity index (χ1n) is 10.6. The van der Waals surface area contributed by atoms with Gasteiger partial charge in [0.1, 0.15) is 0 Å². The van der Waals surface area contributed by atoms with Crippen molar-refractivity contribution in [2.75, 3.05) is 18.4 Å². The number of pyridine rings is 1. The van der Waals surface area contributed by atoms with Crippen LogP contribution in [0.4, 0.5) is 11.6 Å². The largest absolute Gasteiger partial charge is 0.339 e. The summed E-state index contributed by atoms with van der Waals surface area (Å²) >= 11 is 0. The molecule has 7 nitrogen and oxygen atoms in total. The molecule has 0 radical (unpaired) electrons. The smallest absolute Gasteiger partial charge is 0.253 e. The monoisotopic (exact) mass is 412 g/mol. The van der Waals surface area contributed by atoms with E-state index in [0.717, 1.165) is 42.0 Å². The molecule has 1 aromatic carbocycles. The maximum Gasteiger partial charge on any atom is 0.253 e. The quantitative estimate of drug-likeness (QED) is 0.522. The van der Waals surface area contributed by atoms with Crippen LogP contribution in [0, 0.1) is 0 Å². The van der Waals surface area contributed by atoms with Gasteiger partial charge in [0.05, 0.1) is 17.4 Å². The summed E-state index contributed by atoms with van der Waals surface area (Å²) in [6.45, 7) is 6.03. The highest BCUT2D eigenvalue weighted by atomic mass is 16.2. The van der Waals surface area contributed by atoms with Gasteiger partial charge in [0.25, 0.3) is 5.91 Å². The third kappa shape index (κ3) is 3.74. The first kappa shape index (κ1) is 19.2. The molecule has 1 aliphatic heterocycles. The third-order valence-electron chi connectivity index (χ3n) is 5.66. The van der Waals surface area contributed by atoms with Crippen molar-refractivity contribution in [1.82, 2.24) is 24.5 Å². The zero-order chi connectivity index (χ0) is 21.4. The van der Waals surface area contributed by atoms with Crippen LogP contribution in [0.15, 0.2) is 61.1 Å². The molecule has 4 heterocycles. The molecular weight excluding hydrogens is 388 g/mol.